The van der Waals surface area contributed by atoms with Crippen LogP contribution in [0.4, 0.5) is 0 Å². The Kier molecular flexibility index (Phi) is 1.97. The summed E-state index contributed by atoms with van der Waals surface area (Å²) in [6.45, 7) is 1.25. The van der Waals surface area contributed by atoms with E-state index >= 15 is 0 Å². The molecule has 5 heteroatoms. The molecule has 1 aromatic heterocycles. The quantitative estimate of drug-likeness (QED) is 0.855. The van der Waals surface area contributed by atoms with Crippen molar-refractivity contribution in [2.75, 3.05) is 13.2 Å². The van der Waals surface area contributed by atoms with Gasteiger partial charge in [0.05, 0.1) is 30.3 Å². The van der Waals surface area contributed by atoms with Crippen molar-refractivity contribution in [2.24, 2.45) is 0 Å². The largest absolute Gasteiger partial charge is 0.377 e. The maximum Gasteiger partial charge on any atom is 0.326 e. The lowest BCUT2D eigenvalue weighted by atomic mass is 10.2. The van der Waals surface area contributed by atoms with Gasteiger partial charge in [-0.1, -0.05) is 15.9 Å². The Morgan fingerprint density at radius 3 is 2.93 bits per heavy atom. The summed E-state index contributed by atoms with van der Waals surface area (Å²) in [5, 5.41) is 0. The van der Waals surface area contributed by atoms with Crippen LogP contribution in [0.25, 0.3) is 11.0 Å². The lowest BCUT2D eigenvalue weighted by Gasteiger charge is -2.26. The molecule has 1 fully saturated rings. The molecular formula is C10H9BrN2O2. The zero-order valence-electron chi connectivity index (χ0n) is 7.87. The molecule has 1 aromatic carbocycles. The normalized spacial score (nSPS) is 16.9. The number of H-pyrrole nitrogens is 1. The highest BCUT2D eigenvalue weighted by Crippen LogP contribution is 2.23. The maximum atomic E-state index is 11.7. The summed E-state index contributed by atoms with van der Waals surface area (Å²) in [6.07, 6.45) is 0. The first kappa shape index (κ1) is 9.18. The number of ether oxygens (including phenoxy) is 1. The molecule has 1 N–H and O–H groups in total. The first-order chi connectivity index (χ1) is 7.25. The molecule has 2 aromatic rings. The first-order valence-electron chi connectivity index (χ1n) is 4.73. The number of imidazole rings is 1. The number of benzene rings is 1. The second-order valence-electron chi connectivity index (χ2n) is 3.65. The Hall–Kier alpha value is -1.07. The molecule has 1 aliphatic heterocycles. The zero-order chi connectivity index (χ0) is 10.4. The number of aromatic nitrogens is 2. The molecule has 2 heterocycles. The van der Waals surface area contributed by atoms with Crippen molar-refractivity contribution in [3.63, 3.8) is 0 Å². The molecule has 0 bridgehead atoms. The van der Waals surface area contributed by atoms with E-state index in [0.717, 1.165) is 15.5 Å². The molecule has 0 aliphatic carbocycles. The molecule has 0 spiro atoms. The fourth-order valence-corrected chi connectivity index (χ4v) is 2.18. The highest BCUT2D eigenvalue weighted by atomic mass is 79.9. The number of fused-ring (bicyclic) bond motifs is 1. The summed E-state index contributed by atoms with van der Waals surface area (Å²) in [7, 11) is 0. The van der Waals surface area contributed by atoms with Gasteiger partial charge in [-0.05, 0) is 18.2 Å². The van der Waals surface area contributed by atoms with Crippen LogP contribution in [0.2, 0.25) is 0 Å². The van der Waals surface area contributed by atoms with Crippen molar-refractivity contribution in [3.8, 4) is 0 Å². The molecule has 78 valence electrons. The van der Waals surface area contributed by atoms with Crippen molar-refractivity contribution in [2.45, 2.75) is 6.04 Å². The van der Waals surface area contributed by atoms with Crippen LogP contribution in [-0.4, -0.2) is 22.8 Å². The number of nitrogens with zero attached hydrogens (tertiary/aromatic N) is 1. The van der Waals surface area contributed by atoms with Crippen molar-refractivity contribution in [1.82, 2.24) is 9.55 Å². The van der Waals surface area contributed by atoms with Gasteiger partial charge in [-0.3, -0.25) is 4.57 Å². The van der Waals surface area contributed by atoms with Gasteiger partial charge in [0.2, 0.25) is 0 Å². The van der Waals surface area contributed by atoms with Crippen LogP contribution < -0.4 is 5.69 Å². The van der Waals surface area contributed by atoms with Gasteiger partial charge in [-0.15, -0.1) is 0 Å². The number of hydrogen-bond donors (Lipinski definition) is 1. The molecule has 1 aliphatic rings. The molecule has 0 saturated carbocycles. The minimum Gasteiger partial charge on any atom is -0.377 e. The summed E-state index contributed by atoms with van der Waals surface area (Å²) in [5.74, 6) is 0. The van der Waals surface area contributed by atoms with Gasteiger partial charge < -0.3 is 9.72 Å². The van der Waals surface area contributed by atoms with Crippen LogP contribution in [0.15, 0.2) is 27.5 Å². The number of halogens is 1. The van der Waals surface area contributed by atoms with Gasteiger partial charge in [0, 0.05) is 4.47 Å². The molecule has 0 radical (unpaired) electrons. The van der Waals surface area contributed by atoms with E-state index in [4.69, 9.17) is 4.74 Å². The smallest absolute Gasteiger partial charge is 0.326 e. The van der Waals surface area contributed by atoms with Gasteiger partial charge in [-0.2, -0.15) is 0 Å². The van der Waals surface area contributed by atoms with Gasteiger partial charge in [0.15, 0.2) is 0 Å². The van der Waals surface area contributed by atoms with Gasteiger partial charge >= 0.3 is 5.69 Å². The topological polar surface area (TPSA) is 47.0 Å². The molecular weight excluding hydrogens is 260 g/mol. The van der Waals surface area contributed by atoms with Crippen LogP contribution in [0.1, 0.15) is 6.04 Å². The molecule has 3 rings (SSSR count). The molecule has 0 amide bonds. The minimum absolute atomic E-state index is 0.0589. The molecule has 4 nitrogen and oxygen atoms in total. The molecule has 1 saturated heterocycles. The lowest BCUT2D eigenvalue weighted by molar-refractivity contribution is -0.0228. The third-order valence-electron chi connectivity index (χ3n) is 2.67. The van der Waals surface area contributed by atoms with Crippen LogP contribution >= 0.6 is 15.9 Å². The van der Waals surface area contributed by atoms with E-state index in [1.165, 1.54) is 0 Å². The van der Waals surface area contributed by atoms with E-state index in [-0.39, 0.29) is 11.7 Å². The second kappa shape index (κ2) is 3.21. The van der Waals surface area contributed by atoms with Crippen LogP contribution in [0.3, 0.4) is 0 Å². The van der Waals surface area contributed by atoms with Gasteiger partial charge in [0.1, 0.15) is 0 Å². The zero-order valence-corrected chi connectivity index (χ0v) is 9.45. The molecule has 0 atom stereocenters. The fourth-order valence-electron chi connectivity index (χ4n) is 1.83. The predicted octanol–water partition coefficient (Wildman–Crippen LogP) is 1.66. The third-order valence-corrected chi connectivity index (χ3v) is 3.16. The number of hydrogen-bond acceptors (Lipinski definition) is 2. The highest BCUT2D eigenvalue weighted by molar-refractivity contribution is 9.10. The Morgan fingerprint density at radius 1 is 1.47 bits per heavy atom. The standard InChI is InChI=1S/C10H9BrN2O2/c11-6-1-2-8-9(3-6)13(10(14)12-8)7-4-15-5-7/h1-3,7H,4-5H2,(H,12,14). The van der Waals surface area contributed by atoms with E-state index < -0.39 is 0 Å². The summed E-state index contributed by atoms with van der Waals surface area (Å²) in [6, 6.07) is 5.95. The van der Waals surface area contributed by atoms with E-state index in [0.29, 0.717) is 13.2 Å². The lowest BCUT2D eigenvalue weighted by Crippen LogP contribution is -2.36. The Bertz CT molecular complexity index is 568. The van der Waals surface area contributed by atoms with Gasteiger partial charge in [-0.25, -0.2) is 4.79 Å². The average molecular weight is 269 g/mol. The van der Waals surface area contributed by atoms with E-state index in [1.54, 1.807) is 4.57 Å². The van der Waals surface area contributed by atoms with Crippen LogP contribution in [0.5, 0.6) is 0 Å². The predicted molar refractivity (Wildman–Crippen MR) is 60.1 cm³/mol. The number of aromatic amines is 1. The van der Waals surface area contributed by atoms with Gasteiger partial charge in [0.25, 0.3) is 0 Å². The van der Waals surface area contributed by atoms with Crippen LogP contribution in [0, 0.1) is 0 Å². The molecule has 15 heavy (non-hydrogen) atoms. The summed E-state index contributed by atoms with van der Waals surface area (Å²) < 4.78 is 7.85. The van der Waals surface area contributed by atoms with E-state index in [2.05, 4.69) is 20.9 Å². The average Bonchev–Trinajstić information content (AvgIpc) is 2.42. The minimum atomic E-state index is -0.0589. The first-order valence-corrected chi connectivity index (χ1v) is 5.52. The summed E-state index contributed by atoms with van der Waals surface area (Å²) in [5.41, 5.74) is 1.74. The van der Waals surface area contributed by atoms with Crippen LogP contribution in [-0.2, 0) is 4.74 Å². The Morgan fingerprint density at radius 2 is 2.27 bits per heavy atom. The number of nitrogens with one attached hydrogen (secondary N) is 1. The second-order valence-corrected chi connectivity index (χ2v) is 4.57. The molecule has 0 unspecified atom stereocenters. The summed E-state index contributed by atoms with van der Waals surface area (Å²) >= 11 is 3.40. The van der Waals surface area contributed by atoms with Crippen molar-refractivity contribution in [3.05, 3.63) is 33.2 Å². The van der Waals surface area contributed by atoms with E-state index in [1.807, 2.05) is 18.2 Å². The SMILES string of the molecule is O=c1[nH]c2ccc(Br)cc2n1C1COC1. The van der Waals surface area contributed by atoms with Crippen molar-refractivity contribution < 1.29 is 4.74 Å². The Labute approximate surface area is 94.0 Å². The maximum absolute atomic E-state index is 11.7. The Balaban J connectivity index is 2.29. The third kappa shape index (κ3) is 1.34. The van der Waals surface area contributed by atoms with Crippen molar-refractivity contribution in [1.29, 1.82) is 0 Å². The van der Waals surface area contributed by atoms with Crippen molar-refractivity contribution >= 4 is 27.0 Å². The fraction of sp³-hybridized carbons (Fsp3) is 0.300. The highest BCUT2D eigenvalue weighted by Gasteiger charge is 2.24. The summed E-state index contributed by atoms with van der Waals surface area (Å²) in [4.78, 5) is 14.6. The number of rotatable bonds is 1. The van der Waals surface area contributed by atoms with E-state index in [9.17, 15) is 4.79 Å². The monoisotopic (exact) mass is 268 g/mol.